The van der Waals surface area contributed by atoms with Gasteiger partial charge in [-0.25, -0.2) is 0 Å². The molecule has 2 aromatic rings. The molecule has 6 heteroatoms. The Morgan fingerprint density at radius 1 is 1.08 bits per heavy atom. The van der Waals surface area contributed by atoms with Gasteiger partial charge in [0.15, 0.2) is 0 Å². The quantitative estimate of drug-likeness (QED) is 0.769. The second kappa shape index (κ2) is 7.51. The van der Waals surface area contributed by atoms with Crippen molar-refractivity contribution in [2.75, 3.05) is 18.4 Å². The van der Waals surface area contributed by atoms with Gasteiger partial charge in [-0.1, -0.05) is 30.3 Å². The Labute approximate surface area is 145 Å². The van der Waals surface area contributed by atoms with Gasteiger partial charge in [0.05, 0.1) is 6.54 Å². The minimum Gasteiger partial charge on any atom is -0.435 e. The van der Waals surface area contributed by atoms with Gasteiger partial charge >= 0.3 is 6.61 Å². The maximum atomic E-state index is 12.1. The minimum absolute atomic E-state index is 0.0746. The maximum Gasteiger partial charge on any atom is 0.387 e. The van der Waals surface area contributed by atoms with Crippen LogP contribution in [-0.4, -0.2) is 25.6 Å². The van der Waals surface area contributed by atoms with E-state index in [-0.39, 0.29) is 23.6 Å². The number of amides is 1. The minimum atomic E-state index is -2.84. The number of halogens is 2. The Hall–Kier alpha value is -2.63. The molecule has 3 rings (SSSR count). The number of hydrogen-bond acceptors (Lipinski definition) is 3. The molecule has 0 atom stereocenters. The smallest absolute Gasteiger partial charge is 0.387 e. The fraction of sp³-hybridized carbons (Fsp3) is 0.316. The summed E-state index contributed by atoms with van der Waals surface area (Å²) in [6, 6.07) is 16.3. The Balaban J connectivity index is 1.44. The summed E-state index contributed by atoms with van der Waals surface area (Å²) in [5, 5.41) is 5.93. The molecule has 1 fully saturated rings. The van der Waals surface area contributed by atoms with E-state index < -0.39 is 6.61 Å². The van der Waals surface area contributed by atoms with E-state index in [0.717, 1.165) is 12.8 Å². The van der Waals surface area contributed by atoms with Crippen molar-refractivity contribution in [3.8, 4) is 5.75 Å². The van der Waals surface area contributed by atoms with Crippen LogP contribution in [0.3, 0.4) is 0 Å². The molecule has 1 aliphatic rings. The van der Waals surface area contributed by atoms with Gasteiger partial charge in [0.25, 0.3) is 0 Å². The van der Waals surface area contributed by atoms with E-state index in [0.29, 0.717) is 12.2 Å². The molecule has 2 aromatic carbocycles. The Kier molecular flexibility index (Phi) is 5.16. The van der Waals surface area contributed by atoms with Crippen LogP contribution in [0.1, 0.15) is 18.4 Å². The van der Waals surface area contributed by atoms with Gasteiger partial charge in [0.2, 0.25) is 5.91 Å². The third-order valence-corrected chi connectivity index (χ3v) is 4.40. The van der Waals surface area contributed by atoms with Crippen LogP contribution in [0.5, 0.6) is 5.75 Å². The summed E-state index contributed by atoms with van der Waals surface area (Å²) in [7, 11) is 0. The molecule has 2 N–H and O–H groups in total. The Morgan fingerprint density at radius 3 is 2.36 bits per heavy atom. The molecule has 0 aromatic heterocycles. The second-order valence-corrected chi connectivity index (χ2v) is 6.18. The van der Waals surface area contributed by atoms with E-state index in [1.807, 2.05) is 18.2 Å². The van der Waals surface area contributed by atoms with E-state index in [2.05, 4.69) is 27.5 Å². The summed E-state index contributed by atoms with van der Waals surface area (Å²) in [4.78, 5) is 12.0. The number of carbonyl (C=O) groups is 1. The van der Waals surface area contributed by atoms with E-state index in [4.69, 9.17) is 0 Å². The largest absolute Gasteiger partial charge is 0.435 e. The first-order valence-electron chi connectivity index (χ1n) is 8.18. The highest BCUT2D eigenvalue weighted by Crippen LogP contribution is 2.47. The molecule has 4 nitrogen and oxygen atoms in total. The molecule has 1 amide bonds. The molecule has 0 spiro atoms. The standard InChI is InChI=1S/C19H20F2N2O2/c20-18(21)25-16-8-6-15(7-9-16)22-12-17(24)23-13-19(10-11-19)14-4-2-1-3-5-14/h1-9,18,22H,10-13H2,(H,23,24). The number of hydrogen-bond donors (Lipinski definition) is 2. The third kappa shape index (κ3) is 4.68. The first-order chi connectivity index (χ1) is 12.1. The zero-order chi connectivity index (χ0) is 17.7. The molecule has 0 bridgehead atoms. The predicted molar refractivity (Wildman–Crippen MR) is 91.9 cm³/mol. The lowest BCUT2D eigenvalue weighted by atomic mass is 9.96. The van der Waals surface area contributed by atoms with Crippen LogP contribution in [-0.2, 0) is 10.2 Å². The molecule has 25 heavy (non-hydrogen) atoms. The van der Waals surface area contributed by atoms with Crippen molar-refractivity contribution in [1.29, 1.82) is 0 Å². The molecule has 0 heterocycles. The predicted octanol–water partition coefficient (Wildman–Crippen LogP) is 3.55. The number of nitrogens with one attached hydrogen (secondary N) is 2. The fourth-order valence-corrected chi connectivity index (χ4v) is 2.78. The van der Waals surface area contributed by atoms with Gasteiger partial charge in [0, 0.05) is 17.6 Å². The van der Waals surface area contributed by atoms with Gasteiger partial charge in [-0.3, -0.25) is 4.79 Å². The molecule has 1 saturated carbocycles. The van der Waals surface area contributed by atoms with Gasteiger partial charge in [-0.2, -0.15) is 8.78 Å². The summed E-state index contributed by atoms with van der Waals surface area (Å²) in [6.45, 7) is -2.09. The SMILES string of the molecule is O=C(CNc1ccc(OC(F)F)cc1)NCC1(c2ccccc2)CC1. The van der Waals surface area contributed by atoms with Crippen molar-refractivity contribution in [2.24, 2.45) is 0 Å². The number of alkyl halides is 2. The van der Waals surface area contributed by atoms with E-state index >= 15 is 0 Å². The van der Waals surface area contributed by atoms with E-state index in [9.17, 15) is 13.6 Å². The number of benzene rings is 2. The lowest BCUT2D eigenvalue weighted by Crippen LogP contribution is -2.35. The van der Waals surface area contributed by atoms with Gasteiger partial charge in [-0.15, -0.1) is 0 Å². The number of carbonyl (C=O) groups excluding carboxylic acids is 1. The maximum absolute atomic E-state index is 12.1. The van der Waals surface area contributed by atoms with Crippen molar-refractivity contribution < 1.29 is 18.3 Å². The highest BCUT2D eigenvalue weighted by molar-refractivity contribution is 5.80. The third-order valence-electron chi connectivity index (χ3n) is 4.40. The van der Waals surface area contributed by atoms with Crippen LogP contribution in [0.4, 0.5) is 14.5 Å². The first-order valence-corrected chi connectivity index (χ1v) is 8.18. The zero-order valence-corrected chi connectivity index (χ0v) is 13.7. The van der Waals surface area contributed by atoms with Crippen molar-refractivity contribution >= 4 is 11.6 Å². The van der Waals surface area contributed by atoms with Crippen LogP contribution >= 0.6 is 0 Å². The number of ether oxygens (including phenoxy) is 1. The summed E-state index contributed by atoms with van der Waals surface area (Å²) in [5.41, 5.74) is 2.00. The molecule has 0 radical (unpaired) electrons. The molecule has 0 unspecified atom stereocenters. The monoisotopic (exact) mass is 346 g/mol. The van der Waals surface area contributed by atoms with Crippen molar-refractivity contribution in [3.63, 3.8) is 0 Å². The van der Waals surface area contributed by atoms with Gasteiger partial charge in [0.1, 0.15) is 5.75 Å². The highest BCUT2D eigenvalue weighted by Gasteiger charge is 2.44. The molecule has 1 aliphatic carbocycles. The van der Waals surface area contributed by atoms with Crippen molar-refractivity contribution in [2.45, 2.75) is 24.9 Å². The van der Waals surface area contributed by atoms with Gasteiger partial charge < -0.3 is 15.4 Å². The van der Waals surface area contributed by atoms with Crippen molar-refractivity contribution in [1.82, 2.24) is 5.32 Å². The first kappa shape index (κ1) is 17.2. The summed E-state index contributed by atoms with van der Waals surface area (Å²) in [5.74, 6) is -0.0151. The van der Waals surface area contributed by atoms with Gasteiger partial charge in [-0.05, 0) is 42.7 Å². The Bertz CT molecular complexity index is 701. The lowest BCUT2D eigenvalue weighted by molar-refractivity contribution is -0.119. The zero-order valence-electron chi connectivity index (χ0n) is 13.7. The van der Waals surface area contributed by atoms with Crippen LogP contribution in [0.15, 0.2) is 54.6 Å². The van der Waals surface area contributed by atoms with E-state index in [1.165, 1.54) is 17.7 Å². The molecule has 132 valence electrons. The molecular weight excluding hydrogens is 326 g/mol. The Morgan fingerprint density at radius 2 is 1.76 bits per heavy atom. The van der Waals surface area contributed by atoms with Crippen LogP contribution in [0, 0.1) is 0 Å². The molecular formula is C19H20F2N2O2. The second-order valence-electron chi connectivity index (χ2n) is 6.18. The van der Waals surface area contributed by atoms with Crippen LogP contribution in [0.25, 0.3) is 0 Å². The topological polar surface area (TPSA) is 50.4 Å². The highest BCUT2D eigenvalue weighted by atomic mass is 19.3. The summed E-state index contributed by atoms with van der Waals surface area (Å²) in [6.07, 6.45) is 2.16. The fourth-order valence-electron chi connectivity index (χ4n) is 2.78. The number of anilines is 1. The molecule has 0 saturated heterocycles. The summed E-state index contributed by atoms with van der Waals surface area (Å²) < 4.78 is 28.5. The average molecular weight is 346 g/mol. The average Bonchev–Trinajstić information content (AvgIpc) is 3.41. The van der Waals surface area contributed by atoms with Crippen LogP contribution in [0.2, 0.25) is 0 Å². The van der Waals surface area contributed by atoms with Crippen LogP contribution < -0.4 is 15.4 Å². The van der Waals surface area contributed by atoms with E-state index in [1.54, 1.807) is 12.1 Å². The molecule has 0 aliphatic heterocycles. The van der Waals surface area contributed by atoms with Crippen molar-refractivity contribution in [3.05, 3.63) is 60.2 Å². The summed E-state index contributed by atoms with van der Waals surface area (Å²) >= 11 is 0. The normalized spacial score (nSPS) is 14.8. The lowest BCUT2D eigenvalue weighted by Gasteiger charge is -2.17. The number of rotatable bonds is 8.